The number of hydrogen-bond donors (Lipinski definition) is 6. The molecule has 0 unspecified atom stereocenters. The molecule has 13 atom stereocenters. The number of aldehydes is 1. The molecule has 6 saturated carbocycles. The SMILES string of the molecule is CNCCNCC1=C[C@H]2C[C@@]3(O)[C@]4(CCCC[C@@]15OC(=O)C=C5[C@@H]24)CC[C@H]1[C@@]3(O)C[C@H]2C[C@H](C(C)C)CC[C@H]3[C@@H](O)CC[C@@]1(C=O)[C@]23O. The first-order valence-corrected chi connectivity index (χ1v) is 19.2. The average molecular weight is 667 g/mol. The topological polar surface area (TPSA) is 148 Å². The number of aliphatic hydroxyl groups is 4. The number of ether oxygens (including phenoxy) is 1. The number of carbonyl (C=O) groups excluding carboxylic acids is 2. The molecule has 266 valence electrons. The molecule has 9 nitrogen and oxygen atoms in total. The fourth-order valence-corrected chi connectivity index (χ4v) is 14.2. The van der Waals surface area contributed by atoms with Crippen molar-refractivity contribution in [3.05, 3.63) is 23.3 Å². The average Bonchev–Trinajstić information content (AvgIpc) is 3.43. The van der Waals surface area contributed by atoms with Gasteiger partial charge in [0.25, 0.3) is 0 Å². The van der Waals surface area contributed by atoms with Gasteiger partial charge >= 0.3 is 5.97 Å². The normalized spacial score (nSPS) is 52.0. The molecular formula is C39H58N2O7. The van der Waals surface area contributed by atoms with Crippen LogP contribution in [0.3, 0.4) is 0 Å². The smallest absolute Gasteiger partial charge is 0.332 e. The van der Waals surface area contributed by atoms with Gasteiger partial charge < -0.3 is 40.6 Å². The Bertz CT molecular complexity index is 1410. The molecule has 9 heteroatoms. The molecule has 0 amide bonds. The van der Waals surface area contributed by atoms with Crippen LogP contribution >= 0.6 is 0 Å². The molecule has 0 aromatic heterocycles. The van der Waals surface area contributed by atoms with Gasteiger partial charge in [-0.05, 0) is 125 Å². The van der Waals surface area contributed by atoms with Gasteiger partial charge in [0.1, 0.15) is 11.9 Å². The van der Waals surface area contributed by atoms with E-state index in [9.17, 15) is 30.0 Å². The molecule has 0 aromatic carbocycles. The van der Waals surface area contributed by atoms with E-state index in [1.54, 1.807) is 6.08 Å². The third-order valence-corrected chi connectivity index (χ3v) is 16.1. The van der Waals surface area contributed by atoms with Crippen molar-refractivity contribution in [2.24, 2.45) is 52.3 Å². The predicted molar refractivity (Wildman–Crippen MR) is 179 cm³/mol. The van der Waals surface area contributed by atoms with Crippen molar-refractivity contribution >= 4 is 12.3 Å². The Hall–Kier alpha value is -1.62. The van der Waals surface area contributed by atoms with Crippen molar-refractivity contribution in [3.8, 4) is 0 Å². The van der Waals surface area contributed by atoms with Crippen LogP contribution in [0, 0.1) is 52.3 Å². The fraction of sp³-hybridized carbons (Fsp3) is 0.846. The lowest BCUT2D eigenvalue weighted by Gasteiger charge is -2.72. The van der Waals surface area contributed by atoms with Crippen molar-refractivity contribution in [1.82, 2.24) is 10.6 Å². The van der Waals surface area contributed by atoms with Gasteiger partial charge in [0.05, 0.1) is 22.7 Å². The van der Waals surface area contributed by atoms with E-state index in [2.05, 4.69) is 30.6 Å². The summed E-state index contributed by atoms with van der Waals surface area (Å²) in [5, 5.41) is 58.5. The lowest BCUT2D eigenvalue weighted by atomic mass is 9.35. The van der Waals surface area contributed by atoms with Crippen molar-refractivity contribution in [3.63, 3.8) is 0 Å². The summed E-state index contributed by atoms with van der Waals surface area (Å²) in [6.45, 7) is 6.57. The number of rotatable bonds is 7. The van der Waals surface area contributed by atoms with Crippen LogP contribution in [-0.4, -0.2) is 87.9 Å². The van der Waals surface area contributed by atoms with E-state index in [4.69, 9.17) is 4.74 Å². The molecule has 8 aliphatic rings. The van der Waals surface area contributed by atoms with Crippen molar-refractivity contribution in [2.45, 2.75) is 126 Å². The lowest BCUT2D eigenvalue weighted by molar-refractivity contribution is -0.344. The highest BCUT2D eigenvalue weighted by atomic mass is 16.6. The number of likely N-dealkylation sites (N-methyl/N-ethyl adjacent to an activating group) is 1. The first-order chi connectivity index (χ1) is 22.9. The summed E-state index contributed by atoms with van der Waals surface area (Å²) in [4.78, 5) is 27.0. The number of hydrogen-bond acceptors (Lipinski definition) is 9. The summed E-state index contributed by atoms with van der Waals surface area (Å²) >= 11 is 0. The zero-order chi connectivity index (χ0) is 33.9. The van der Waals surface area contributed by atoms with E-state index >= 15 is 0 Å². The molecule has 6 N–H and O–H groups in total. The van der Waals surface area contributed by atoms with Crippen LogP contribution in [0.25, 0.3) is 0 Å². The van der Waals surface area contributed by atoms with Crippen molar-refractivity contribution < 1.29 is 34.8 Å². The lowest BCUT2D eigenvalue weighted by Crippen LogP contribution is -2.80. The third-order valence-electron chi connectivity index (χ3n) is 16.1. The Morgan fingerprint density at radius 2 is 1.81 bits per heavy atom. The van der Waals surface area contributed by atoms with Gasteiger partial charge in [-0.2, -0.15) is 0 Å². The molecular weight excluding hydrogens is 608 g/mol. The molecule has 1 heterocycles. The Morgan fingerprint density at radius 1 is 1.02 bits per heavy atom. The molecule has 2 bridgehead atoms. The first kappa shape index (κ1) is 33.5. The molecule has 48 heavy (non-hydrogen) atoms. The van der Waals surface area contributed by atoms with Crippen molar-refractivity contribution in [2.75, 3.05) is 26.7 Å². The van der Waals surface area contributed by atoms with Gasteiger partial charge in [0, 0.05) is 43.0 Å². The summed E-state index contributed by atoms with van der Waals surface area (Å²) < 4.78 is 6.32. The van der Waals surface area contributed by atoms with Gasteiger partial charge in [-0.3, -0.25) is 0 Å². The third kappa shape index (κ3) is 3.95. The van der Waals surface area contributed by atoms with E-state index in [-0.39, 0.29) is 30.1 Å². The summed E-state index contributed by atoms with van der Waals surface area (Å²) in [7, 11) is 1.92. The maximum Gasteiger partial charge on any atom is 0.332 e. The molecule has 1 spiro atoms. The van der Waals surface area contributed by atoms with Gasteiger partial charge in [0.15, 0.2) is 5.60 Å². The zero-order valence-corrected chi connectivity index (χ0v) is 29.2. The van der Waals surface area contributed by atoms with Crippen LogP contribution in [0.15, 0.2) is 23.3 Å². The minimum Gasteiger partial charge on any atom is -0.447 e. The van der Waals surface area contributed by atoms with E-state index in [1.807, 2.05) is 7.05 Å². The number of carbonyl (C=O) groups is 2. The highest BCUT2D eigenvalue weighted by Gasteiger charge is 2.83. The Balaban J connectivity index is 1.28. The second kappa shape index (κ2) is 11.2. The zero-order valence-electron chi connectivity index (χ0n) is 29.2. The Kier molecular flexibility index (Phi) is 7.81. The summed E-state index contributed by atoms with van der Waals surface area (Å²) in [6.07, 6.45) is 12.0. The standard InChI is InChI=1S/C39H58N2O7/c1-23(2)24-6-7-28-30(43)8-12-35(22-42)31-9-13-34-10-4-5-11-36-27(21-41-15-14-40-3)17-25(33(34)29(36)18-32(44)48-36)19-38(34,46)37(31,45)20-26(16-24)39(28,35)47/h17-18,22-26,28,30-31,33,40-41,43,45-47H,4-16,19-21H2,1-3H3/t24-,25+,26-,28+,30+,31-,33-,34-,35+,36-,37+,38-,39+/m1/s1. The largest absolute Gasteiger partial charge is 0.447 e. The summed E-state index contributed by atoms with van der Waals surface area (Å²) in [6, 6.07) is 0. The first-order valence-electron chi connectivity index (χ1n) is 19.2. The molecule has 8 rings (SSSR count). The predicted octanol–water partition coefficient (Wildman–Crippen LogP) is 3.19. The summed E-state index contributed by atoms with van der Waals surface area (Å²) in [5.41, 5.74) is -5.29. The number of nitrogens with one attached hydrogen (secondary N) is 2. The molecule has 7 aliphatic carbocycles. The van der Waals surface area contributed by atoms with Gasteiger partial charge in [0.2, 0.25) is 0 Å². The van der Waals surface area contributed by atoms with Crippen LogP contribution in [0.5, 0.6) is 0 Å². The fourth-order valence-electron chi connectivity index (χ4n) is 14.2. The highest BCUT2D eigenvalue weighted by molar-refractivity contribution is 5.88. The van der Waals surface area contributed by atoms with Crippen LogP contribution in [-0.2, 0) is 14.3 Å². The second-order valence-electron chi connectivity index (χ2n) is 17.8. The number of allylic oxidation sites excluding steroid dienone is 1. The maximum absolute atomic E-state index is 13.7. The number of aliphatic hydroxyl groups excluding tert-OH is 1. The van der Waals surface area contributed by atoms with Crippen molar-refractivity contribution in [1.29, 1.82) is 0 Å². The molecule has 0 radical (unpaired) electrons. The molecule has 0 saturated heterocycles. The van der Waals surface area contributed by atoms with Gasteiger partial charge in [-0.15, -0.1) is 0 Å². The summed E-state index contributed by atoms with van der Waals surface area (Å²) in [5.74, 6) is -1.39. The Labute approximate surface area is 285 Å². The van der Waals surface area contributed by atoms with E-state index < -0.39 is 57.1 Å². The number of esters is 1. The van der Waals surface area contributed by atoms with Gasteiger partial charge in [-0.1, -0.05) is 26.3 Å². The maximum atomic E-state index is 13.7. The Morgan fingerprint density at radius 3 is 2.56 bits per heavy atom. The highest BCUT2D eigenvalue weighted by Crippen LogP contribution is 2.78. The van der Waals surface area contributed by atoms with Gasteiger partial charge in [-0.25, -0.2) is 4.79 Å². The number of fused-ring (bicyclic) bond motifs is 3. The van der Waals surface area contributed by atoms with E-state index in [0.29, 0.717) is 57.4 Å². The minimum absolute atomic E-state index is 0.0858. The molecule has 0 aromatic rings. The quantitative estimate of drug-likeness (QED) is 0.104. The van der Waals surface area contributed by atoms with E-state index in [1.165, 1.54) is 0 Å². The monoisotopic (exact) mass is 666 g/mol. The second-order valence-corrected chi connectivity index (χ2v) is 17.8. The van der Waals surface area contributed by atoms with Crippen LogP contribution in [0.1, 0.15) is 97.3 Å². The van der Waals surface area contributed by atoms with Crippen LogP contribution in [0.2, 0.25) is 0 Å². The minimum atomic E-state index is -1.61. The van der Waals surface area contributed by atoms with Crippen LogP contribution in [0.4, 0.5) is 0 Å². The van der Waals surface area contributed by atoms with E-state index in [0.717, 1.165) is 62.6 Å². The molecule has 1 aliphatic heterocycles. The molecule has 6 fully saturated rings. The van der Waals surface area contributed by atoms with Crippen LogP contribution < -0.4 is 10.6 Å².